The number of hydrogen-bond donors (Lipinski definition) is 1. The topological polar surface area (TPSA) is 45.6 Å². The molecule has 1 aliphatic carbocycles. The van der Waals surface area contributed by atoms with Crippen molar-refractivity contribution in [3.8, 4) is 0 Å². The minimum atomic E-state index is 0.313. The molecule has 142 valence electrons. The number of ether oxygens (including phenoxy) is 1. The van der Waals surface area contributed by atoms with Gasteiger partial charge in [0.1, 0.15) is 5.82 Å². The van der Waals surface area contributed by atoms with E-state index in [1.165, 1.54) is 43.5 Å². The highest BCUT2D eigenvalue weighted by Crippen LogP contribution is 2.32. The summed E-state index contributed by atoms with van der Waals surface area (Å²) < 4.78 is 7.56. The Balaban J connectivity index is 1.68. The molecule has 25 heavy (non-hydrogen) atoms. The van der Waals surface area contributed by atoms with Gasteiger partial charge in [0, 0.05) is 44.3 Å². The van der Waals surface area contributed by atoms with Crippen LogP contribution in [0.4, 0.5) is 5.82 Å². The fourth-order valence-electron chi connectivity index (χ4n) is 4.48. The van der Waals surface area contributed by atoms with Gasteiger partial charge in [-0.25, -0.2) is 0 Å². The molecule has 6 heteroatoms. The van der Waals surface area contributed by atoms with E-state index in [1.54, 1.807) is 0 Å². The minimum Gasteiger partial charge on any atom is -0.378 e. The molecule has 0 bridgehead atoms. The van der Waals surface area contributed by atoms with Gasteiger partial charge in [-0.1, -0.05) is 19.3 Å². The van der Waals surface area contributed by atoms with Crippen LogP contribution in [0.1, 0.15) is 43.4 Å². The van der Waals surface area contributed by atoms with Crippen LogP contribution in [0.3, 0.4) is 0 Å². The lowest BCUT2D eigenvalue weighted by molar-refractivity contribution is 0.0983. The molecular weight excluding hydrogens is 314 g/mol. The summed E-state index contributed by atoms with van der Waals surface area (Å²) in [5.41, 5.74) is 2.79. The van der Waals surface area contributed by atoms with Crippen LogP contribution in [0.2, 0.25) is 0 Å². The van der Waals surface area contributed by atoms with E-state index in [2.05, 4.69) is 48.3 Å². The Morgan fingerprint density at radius 2 is 1.84 bits per heavy atom. The monoisotopic (exact) mass is 349 g/mol. The van der Waals surface area contributed by atoms with Crippen molar-refractivity contribution in [2.75, 3.05) is 51.8 Å². The summed E-state index contributed by atoms with van der Waals surface area (Å²) >= 11 is 0. The molecule has 2 fully saturated rings. The van der Waals surface area contributed by atoms with E-state index in [4.69, 9.17) is 4.74 Å². The van der Waals surface area contributed by atoms with Gasteiger partial charge in [-0.15, -0.1) is 0 Å². The third kappa shape index (κ3) is 4.01. The molecule has 0 radical (unpaired) electrons. The summed E-state index contributed by atoms with van der Waals surface area (Å²) in [6.07, 6.45) is 6.69. The molecule has 1 aromatic heterocycles. The van der Waals surface area contributed by atoms with Crippen LogP contribution in [-0.4, -0.2) is 67.2 Å². The van der Waals surface area contributed by atoms with E-state index in [0.717, 1.165) is 45.1 Å². The molecule has 1 aliphatic heterocycles. The number of morpholine rings is 1. The maximum absolute atomic E-state index is 5.52. The van der Waals surface area contributed by atoms with Crippen molar-refractivity contribution in [2.24, 2.45) is 7.05 Å². The Morgan fingerprint density at radius 3 is 2.48 bits per heavy atom. The Hall–Kier alpha value is -1.11. The largest absolute Gasteiger partial charge is 0.378 e. The number of anilines is 1. The van der Waals surface area contributed by atoms with Crippen molar-refractivity contribution < 1.29 is 4.74 Å². The van der Waals surface area contributed by atoms with Gasteiger partial charge >= 0.3 is 0 Å². The van der Waals surface area contributed by atoms with Crippen molar-refractivity contribution in [1.29, 1.82) is 0 Å². The fourth-order valence-corrected chi connectivity index (χ4v) is 4.48. The lowest BCUT2D eigenvalue weighted by Crippen LogP contribution is -2.52. The zero-order valence-electron chi connectivity index (χ0n) is 16.5. The van der Waals surface area contributed by atoms with E-state index >= 15 is 0 Å². The van der Waals surface area contributed by atoms with Gasteiger partial charge in [0.2, 0.25) is 0 Å². The molecule has 2 aliphatic rings. The summed E-state index contributed by atoms with van der Waals surface area (Å²) in [4.78, 5) is 4.86. The highest BCUT2D eigenvalue weighted by Gasteiger charge is 2.34. The molecule has 6 nitrogen and oxygen atoms in total. The molecule has 0 atom stereocenters. The Labute approximate surface area is 152 Å². The number of likely N-dealkylation sites (N-methyl/N-ethyl adjacent to an activating group) is 1. The van der Waals surface area contributed by atoms with Gasteiger partial charge in [-0.2, -0.15) is 5.10 Å². The third-order valence-electron chi connectivity index (χ3n) is 6.11. The van der Waals surface area contributed by atoms with Crippen LogP contribution in [0.5, 0.6) is 0 Å². The number of hydrogen-bond acceptors (Lipinski definition) is 5. The fraction of sp³-hybridized carbons (Fsp3) is 0.842. The molecule has 0 unspecified atom stereocenters. The highest BCUT2D eigenvalue weighted by molar-refractivity contribution is 5.50. The van der Waals surface area contributed by atoms with E-state index in [0.29, 0.717) is 5.54 Å². The first-order valence-electron chi connectivity index (χ1n) is 9.77. The van der Waals surface area contributed by atoms with Crippen molar-refractivity contribution in [3.63, 3.8) is 0 Å². The number of nitrogens with zero attached hydrogens (tertiary/aromatic N) is 4. The van der Waals surface area contributed by atoms with Crippen LogP contribution in [0.15, 0.2) is 0 Å². The first-order valence-corrected chi connectivity index (χ1v) is 9.77. The van der Waals surface area contributed by atoms with E-state index in [1.807, 2.05) is 4.68 Å². The van der Waals surface area contributed by atoms with Gasteiger partial charge in [-0.3, -0.25) is 4.68 Å². The SMILES string of the molecule is Cc1nn(C)c(N2CCOCC2)c1CNCC1(N(C)C)CCCCC1. The lowest BCUT2D eigenvalue weighted by Gasteiger charge is -2.43. The predicted octanol–water partition coefficient (Wildman–Crippen LogP) is 1.92. The first kappa shape index (κ1) is 18.7. The van der Waals surface area contributed by atoms with Crippen LogP contribution >= 0.6 is 0 Å². The summed E-state index contributed by atoms with van der Waals surface area (Å²) in [5, 5.41) is 8.46. The van der Waals surface area contributed by atoms with Gasteiger partial charge in [0.25, 0.3) is 0 Å². The Morgan fingerprint density at radius 1 is 1.16 bits per heavy atom. The molecule has 1 saturated carbocycles. The molecule has 0 aromatic carbocycles. The Bertz CT molecular complexity index is 556. The van der Waals surface area contributed by atoms with E-state index < -0.39 is 0 Å². The summed E-state index contributed by atoms with van der Waals surface area (Å²) in [6, 6.07) is 0. The smallest absolute Gasteiger partial charge is 0.131 e. The van der Waals surface area contributed by atoms with Crippen LogP contribution in [0.25, 0.3) is 0 Å². The number of aromatic nitrogens is 2. The third-order valence-corrected chi connectivity index (χ3v) is 6.11. The van der Waals surface area contributed by atoms with Crippen LogP contribution in [-0.2, 0) is 18.3 Å². The van der Waals surface area contributed by atoms with Crippen molar-refractivity contribution in [3.05, 3.63) is 11.3 Å². The molecule has 1 saturated heterocycles. The normalized spacial score (nSPS) is 21.1. The molecule has 1 aromatic rings. The van der Waals surface area contributed by atoms with Gasteiger partial charge < -0.3 is 19.9 Å². The summed E-state index contributed by atoms with van der Waals surface area (Å²) in [5.74, 6) is 1.26. The first-order chi connectivity index (χ1) is 12.0. The van der Waals surface area contributed by atoms with Crippen LogP contribution < -0.4 is 10.2 Å². The molecule has 3 rings (SSSR count). The average molecular weight is 350 g/mol. The second kappa shape index (κ2) is 8.06. The molecular formula is C19H35N5O. The summed E-state index contributed by atoms with van der Waals surface area (Å²) in [7, 11) is 6.53. The van der Waals surface area contributed by atoms with Crippen molar-refractivity contribution in [2.45, 2.75) is 51.1 Å². The maximum atomic E-state index is 5.52. The standard InChI is InChI=1S/C19H35N5O/c1-16-17(18(23(4)21-16)24-10-12-25-13-11-24)14-20-15-19(22(2)3)8-6-5-7-9-19/h20H,5-15H2,1-4H3. The maximum Gasteiger partial charge on any atom is 0.131 e. The molecule has 2 heterocycles. The zero-order valence-corrected chi connectivity index (χ0v) is 16.5. The summed E-state index contributed by atoms with van der Waals surface area (Å²) in [6.45, 7) is 7.59. The second-order valence-electron chi connectivity index (χ2n) is 7.89. The van der Waals surface area contributed by atoms with Crippen LogP contribution in [0, 0.1) is 6.92 Å². The van der Waals surface area contributed by atoms with E-state index in [-0.39, 0.29) is 0 Å². The van der Waals surface area contributed by atoms with Crippen molar-refractivity contribution >= 4 is 5.82 Å². The quantitative estimate of drug-likeness (QED) is 0.850. The molecule has 0 spiro atoms. The van der Waals surface area contributed by atoms with Gasteiger partial charge in [0.15, 0.2) is 0 Å². The highest BCUT2D eigenvalue weighted by atomic mass is 16.5. The van der Waals surface area contributed by atoms with E-state index in [9.17, 15) is 0 Å². The molecule has 1 N–H and O–H groups in total. The Kier molecular flexibility index (Phi) is 6.02. The molecule has 0 amide bonds. The predicted molar refractivity (Wildman–Crippen MR) is 102 cm³/mol. The zero-order chi connectivity index (χ0) is 17.9. The number of aryl methyl sites for hydroxylation is 2. The van der Waals surface area contributed by atoms with Gasteiger partial charge in [0.05, 0.1) is 18.9 Å². The lowest BCUT2D eigenvalue weighted by atomic mass is 9.80. The second-order valence-corrected chi connectivity index (χ2v) is 7.89. The average Bonchev–Trinajstić information content (AvgIpc) is 2.90. The van der Waals surface area contributed by atoms with Crippen molar-refractivity contribution in [1.82, 2.24) is 20.0 Å². The minimum absolute atomic E-state index is 0.313. The number of nitrogens with one attached hydrogen (secondary N) is 1. The van der Waals surface area contributed by atoms with Gasteiger partial charge in [-0.05, 0) is 33.9 Å². The number of rotatable bonds is 6.